The minimum atomic E-state index is 0.00629. The first-order chi connectivity index (χ1) is 10.0. The average molecular weight is 293 g/mol. The van der Waals surface area contributed by atoms with Crippen LogP contribution in [0.15, 0.2) is 24.3 Å². The van der Waals surface area contributed by atoms with Crippen LogP contribution < -0.4 is 15.8 Å². The number of benzene rings is 1. The van der Waals surface area contributed by atoms with E-state index in [0.717, 1.165) is 17.7 Å². The molecule has 0 fully saturated rings. The smallest absolute Gasteiger partial charge is 0.221 e. The minimum Gasteiger partial charge on any atom is -0.497 e. The van der Waals surface area contributed by atoms with E-state index in [0.29, 0.717) is 13.0 Å². The molecule has 1 aromatic carbocycles. The summed E-state index contributed by atoms with van der Waals surface area (Å²) in [5.74, 6) is 0.858. The third kappa shape index (κ3) is 5.02. The number of nitrogens with zero attached hydrogens (tertiary/aromatic N) is 1. The van der Waals surface area contributed by atoms with E-state index in [4.69, 9.17) is 10.5 Å². The second-order valence-electron chi connectivity index (χ2n) is 5.20. The lowest BCUT2D eigenvalue weighted by Gasteiger charge is -2.32. The van der Waals surface area contributed by atoms with Crippen LogP contribution in [0.5, 0.6) is 5.75 Å². The van der Waals surface area contributed by atoms with Crippen LogP contribution in [0.3, 0.4) is 0 Å². The molecule has 0 heterocycles. The molecule has 0 aliphatic carbocycles. The number of rotatable bonds is 8. The van der Waals surface area contributed by atoms with Gasteiger partial charge in [0.2, 0.25) is 5.91 Å². The summed E-state index contributed by atoms with van der Waals surface area (Å²) in [6.45, 7) is 2.74. The zero-order chi connectivity index (χ0) is 15.8. The van der Waals surface area contributed by atoms with Gasteiger partial charge in [0.15, 0.2) is 0 Å². The predicted octanol–water partition coefficient (Wildman–Crippen LogP) is 1.54. The molecule has 0 saturated heterocycles. The minimum absolute atomic E-state index is 0.00629. The first-order valence-electron chi connectivity index (χ1n) is 7.33. The number of nitrogens with two attached hydrogens (primary N) is 1. The van der Waals surface area contributed by atoms with Gasteiger partial charge in [-0.15, -0.1) is 0 Å². The van der Waals surface area contributed by atoms with Crippen molar-refractivity contribution >= 4 is 5.91 Å². The molecule has 0 saturated carbocycles. The van der Waals surface area contributed by atoms with Gasteiger partial charge in [-0.2, -0.15) is 0 Å². The molecular formula is C16H27N3O2. The molecule has 0 aliphatic rings. The second-order valence-corrected chi connectivity index (χ2v) is 5.20. The Kier molecular flexibility index (Phi) is 7.19. The van der Waals surface area contributed by atoms with E-state index in [2.05, 4.69) is 23.2 Å². The van der Waals surface area contributed by atoms with Crippen molar-refractivity contribution in [2.75, 3.05) is 27.7 Å². The molecule has 0 bridgehead atoms. The SMILES string of the molecule is CCC(N)C(c1cccc(OC)c1)N(C)CCC(=O)NC. The molecule has 5 nitrogen and oxygen atoms in total. The molecule has 0 aliphatic heterocycles. The van der Waals surface area contributed by atoms with Crippen LogP contribution in [0.1, 0.15) is 31.4 Å². The van der Waals surface area contributed by atoms with E-state index < -0.39 is 0 Å². The van der Waals surface area contributed by atoms with Crippen LogP contribution in [-0.2, 0) is 4.79 Å². The predicted molar refractivity (Wildman–Crippen MR) is 85.3 cm³/mol. The highest BCUT2D eigenvalue weighted by molar-refractivity contribution is 5.75. The lowest BCUT2D eigenvalue weighted by molar-refractivity contribution is -0.121. The fraction of sp³-hybridized carbons (Fsp3) is 0.562. The molecule has 2 atom stereocenters. The Morgan fingerprint density at radius 1 is 1.48 bits per heavy atom. The summed E-state index contributed by atoms with van der Waals surface area (Å²) in [7, 11) is 5.31. The van der Waals surface area contributed by atoms with E-state index in [-0.39, 0.29) is 18.0 Å². The Labute approximate surface area is 127 Å². The molecule has 1 aromatic rings. The summed E-state index contributed by atoms with van der Waals surface area (Å²) >= 11 is 0. The van der Waals surface area contributed by atoms with E-state index >= 15 is 0 Å². The molecule has 118 valence electrons. The molecule has 5 heteroatoms. The number of likely N-dealkylation sites (N-methyl/N-ethyl adjacent to an activating group) is 1. The molecule has 1 amide bonds. The zero-order valence-electron chi connectivity index (χ0n) is 13.4. The number of ether oxygens (including phenoxy) is 1. The van der Waals surface area contributed by atoms with E-state index in [9.17, 15) is 4.79 Å². The molecular weight excluding hydrogens is 266 g/mol. The number of methoxy groups -OCH3 is 1. The Hall–Kier alpha value is -1.59. The maximum absolute atomic E-state index is 11.4. The zero-order valence-corrected chi connectivity index (χ0v) is 13.4. The van der Waals surface area contributed by atoms with Gasteiger partial charge in [-0.05, 0) is 31.2 Å². The first-order valence-corrected chi connectivity index (χ1v) is 7.33. The monoisotopic (exact) mass is 293 g/mol. The summed E-state index contributed by atoms with van der Waals surface area (Å²) in [5, 5.41) is 2.64. The fourth-order valence-corrected chi connectivity index (χ4v) is 2.42. The quantitative estimate of drug-likeness (QED) is 0.763. The van der Waals surface area contributed by atoms with Crippen LogP contribution in [0.2, 0.25) is 0 Å². The van der Waals surface area contributed by atoms with Crippen molar-refractivity contribution in [2.45, 2.75) is 31.8 Å². The molecule has 0 aromatic heterocycles. The number of carbonyl (C=O) groups is 1. The molecule has 1 rings (SSSR count). The molecule has 21 heavy (non-hydrogen) atoms. The summed E-state index contributed by atoms with van der Waals surface area (Å²) in [5.41, 5.74) is 7.41. The van der Waals surface area contributed by atoms with Crippen LogP contribution in [0.4, 0.5) is 0 Å². The lowest BCUT2D eigenvalue weighted by Crippen LogP contribution is -2.40. The number of carbonyl (C=O) groups excluding carboxylic acids is 1. The Balaban J connectivity index is 2.91. The average Bonchev–Trinajstić information content (AvgIpc) is 2.52. The first kappa shape index (κ1) is 17.5. The molecule has 2 unspecified atom stereocenters. The summed E-state index contributed by atoms with van der Waals surface area (Å²) in [6.07, 6.45) is 1.33. The lowest BCUT2D eigenvalue weighted by atomic mass is 9.96. The molecule has 0 radical (unpaired) electrons. The van der Waals surface area contributed by atoms with Gasteiger partial charge in [-0.1, -0.05) is 19.1 Å². The highest BCUT2D eigenvalue weighted by Crippen LogP contribution is 2.27. The Bertz CT molecular complexity index is 451. The summed E-state index contributed by atoms with van der Waals surface area (Å²) in [6, 6.07) is 8.02. The highest BCUT2D eigenvalue weighted by atomic mass is 16.5. The number of nitrogens with one attached hydrogen (secondary N) is 1. The van der Waals surface area contributed by atoms with Crippen LogP contribution in [0.25, 0.3) is 0 Å². The fourth-order valence-electron chi connectivity index (χ4n) is 2.42. The van der Waals surface area contributed by atoms with Gasteiger partial charge in [0, 0.05) is 32.1 Å². The van der Waals surface area contributed by atoms with Crippen molar-refractivity contribution in [3.8, 4) is 5.75 Å². The largest absolute Gasteiger partial charge is 0.497 e. The van der Waals surface area contributed by atoms with Gasteiger partial charge in [-0.25, -0.2) is 0 Å². The van der Waals surface area contributed by atoms with Crippen molar-refractivity contribution in [3.63, 3.8) is 0 Å². The number of hydrogen-bond donors (Lipinski definition) is 2. The van der Waals surface area contributed by atoms with Gasteiger partial charge >= 0.3 is 0 Å². The van der Waals surface area contributed by atoms with Gasteiger partial charge in [0.25, 0.3) is 0 Å². The van der Waals surface area contributed by atoms with E-state index in [1.165, 1.54) is 0 Å². The van der Waals surface area contributed by atoms with Crippen LogP contribution >= 0.6 is 0 Å². The van der Waals surface area contributed by atoms with Gasteiger partial charge in [-0.3, -0.25) is 9.69 Å². The van der Waals surface area contributed by atoms with Crippen molar-refractivity contribution in [3.05, 3.63) is 29.8 Å². The highest BCUT2D eigenvalue weighted by Gasteiger charge is 2.23. The second kappa shape index (κ2) is 8.64. The van der Waals surface area contributed by atoms with Crippen molar-refractivity contribution < 1.29 is 9.53 Å². The van der Waals surface area contributed by atoms with Crippen LogP contribution in [0, 0.1) is 0 Å². The van der Waals surface area contributed by atoms with Gasteiger partial charge < -0.3 is 15.8 Å². The maximum Gasteiger partial charge on any atom is 0.221 e. The summed E-state index contributed by atoms with van der Waals surface area (Å²) in [4.78, 5) is 13.6. The Morgan fingerprint density at radius 3 is 2.76 bits per heavy atom. The Morgan fingerprint density at radius 2 is 2.19 bits per heavy atom. The number of hydrogen-bond acceptors (Lipinski definition) is 4. The van der Waals surface area contributed by atoms with Crippen molar-refractivity contribution in [2.24, 2.45) is 5.73 Å². The summed E-state index contributed by atoms with van der Waals surface area (Å²) < 4.78 is 5.29. The third-order valence-corrected chi connectivity index (χ3v) is 3.76. The number of amides is 1. The van der Waals surface area contributed by atoms with Crippen molar-refractivity contribution in [1.29, 1.82) is 0 Å². The van der Waals surface area contributed by atoms with E-state index in [1.807, 2.05) is 25.2 Å². The normalized spacial score (nSPS) is 13.8. The van der Waals surface area contributed by atoms with Crippen LogP contribution in [-0.4, -0.2) is 44.6 Å². The van der Waals surface area contributed by atoms with Crippen molar-refractivity contribution in [1.82, 2.24) is 10.2 Å². The topological polar surface area (TPSA) is 67.6 Å². The maximum atomic E-state index is 11.4. The third-order valence-electron chi connectivity index (χ3n) is 3.76. The van der Waals surface area contributed by atoms with Gasteiger partial charge in [0.1, 0.15) is 5.75 Å². The van der Waals surface area contributed by atoms with E-state index in [1.54, 1.807) is 14.2 Å². The standard InChI is InChI=1S/C16H27N3O2/c1-5-14(17)16(19(3)10-9-15(20)18-2)12-7-6-8-13(11-12)21-4/h6-8,11,14,16H,5,9-10,17H2,1-4H3,(H,18,20). The van der Waals surface area contributed by atoms with Gasteiger partial charge in [0.05, 0.1) is 7.11 Å². The molecule has 0 spiro atoms. The molecule has 3 N–H and O–H groups in total.